The molecule has 0 radical (unpaired) electrons. The summed E-state index contributed by atoms with van der Waals surface area (Å²) >= 11 is 0. The number of hydrogen-bond acceptors (Lipinski definition) is 4. The van der Waals surface area contributed by atoms with Gasteiger partial charge in [-0.1, -0.05) is 12.1 Å². The lowest BCUT2D eigenvalue weighted by molar-refractivity contribution is -0.120. The maximum atomic E-state index is 12.2. The molecule has 2 saturated heterocycles. The summed E-state index contributed by atoms with van der Waals surface area (Å²) in [7, 11) is 0. The fraction of sp³-hybridized carbons (Fsp3) is 0.609. The quantitative estimate of drug-likeness (QED) is 0.794. The van der Waals surface area contributed by atoms with Gasteiger partial charge in [-0.2, -0.15) is 0 Å². The molecule has 7 heteroatoms. The maximum absolute atomic E-state index is 12.2. The van der Waals surface area contributed by atoms with Gasteiger partial charge in [0.05, 0.1) is 0 Å². The zero-order valence-electron chi connectivity index (χ0n) is 18.1. The molecule has 0 unspecified atom stereocenters. The van der Waals surface area contributed by atoms with E-state index in [-0.39, 0.29) is 23.4 Å². The number of likely N-dealkylation sites (tertiary alicyclic amines) is 1. The molecule has 3 fully saturated rings. The Kier molecular flexibility index (Phi) is 5.24. The predicted molar refractivity (Wildman–Crippen MR) is 113 cm³/mol. The average Bonchev–Trinajstić information content (AvgIpc) is 2.65. The normalized spacial score (nSPS) is 22.0. The second kappa shape index (κ2) is 7.60. The van der Waals surface area contributed by atoms with E-state index in [1.54, 1.807) is 4.90 Å². The molecule has 1 aromatic carbocycles. The number of imide groups is 1. The Bertz CT molecular complexity index is 827. The minimum absolute atomic E-state index is 0.200. The molecule has 7 nitrogen and oxygen atoms in total. The summed E-state index contributed by atoms with van der Waals surface area (Å²) in [5, 5.41) is 2.36. The number of benzene rings is 1. The molecule has 1 aliphatic carbocycles. The summed E-state index contributed by atoms with van der Waals surface area (Å²) < 4.78 is 5.48. The third-order valence-corrected chi connectivity index (χ3v) is 6.48. The van der Waals surface area contributed by atoms with Crippen LogP contribution in [-0.4, -0.2) is 48.2 Å². The number of nitrogens with zero attached hydrogens (tertiary/aromatic N) is 2. The largest absolute Gasteiger partial charge is 0.444 e. The number of amides is 4. The molecule has 1 aromatic rings. The van der Waals surface area contributed by atoms with Crippen LogP contribution in [0.15, 0.2) is 24.3 Å². The number of rotatable bonds is 2. The summed E-state index contributed by atoms with van der Waals surface area (Å²) in [6.07, 6.45) is 4.60. The summed E-state index contributed by atoms with van der Waals surface area (Å²) in [6.45, 7) is 7.72. The van der Waals surface area contributed by atoms with Gasteiger partial charge in [-0.05, 0) is 70.1 Å². The summed E-state index contributed by atoms with van der Waals surface area (Å²) in [6, 6.07) is 7.81. The van der Waals surface area contributed by atoms with Gasteiger partial charge in [-0.15, -0.1) is 0 Å². The Hall–Kier alpha value is -2.57. The molecule has 1 spiro atoms. The van der Waals surface area contributed by atoms with E-state index < -0.39 is 5.60 Å². The number of anilines is 1. The van der Waals surface area contributed by atoms with Crippen molar-refractivity contribution in [1.82, 2.24) is 10.2 Å². The van der Waals surface area contributed by atoms with Gasteiger partial charge in [0.15, 0.2) is 0 Å². The first kappa shape index (κ1) is 20.7. The molecular formula is C23H31N3O4. The van der Waals surface area contributed by atoms with Crippen LogP contribution in [0, 0.1) is 5.41 Å². The van der Waals surface area contributed by atoms with Crippen LogP contribution < -0.4 is 10.2 Å². The lowest BCUT2D eigenvalue weighted by atomic mass is 9.65. The van der Waals surface area contributed by atoms with Crippen LogP contribution in [0.3, 0.4) is 0 Å². The number of urea groups is 1. The average molecular weight is 414 g/mol. The van der Waals surface area contributed by atoms with Crippen molar-refractivity contribution in [2.75, 3.05) is 24.5 Å². The van der Waals surface area contributed by atoms with E-state index in [4.69, 9.17) is 4.74 Å². The summed E-state index contributed by atoms with van der Waals surface area (Å²) in [4.78, 5) is 39.0. The monoisotopic (exact) mass is 413 g/mol. The zero-order valence-corrected chi connectivity index (χ0v) is 18.1. The minimum atomic E-state index is -0.450. The van der Waals surface area contributed by atoms with Crippen LogP contribution in [0.25, 0.3) is 0 Å². The Morgan fingerprint density at radius 1 is 1.10 bits per heavy atom. The Morgan fingerprint density at radius 3 is 2.30 bits per heavy atom. The lowest BCUT2D eigenvalue weighted by Crippen LogP contribution is -2.60. The molecule has 2 aliphatic heterocycles. The molecule has 1 N–H and O–H groups in total. The first-order valence-electron chi connectivity index (χ1n) is 10.8. The second-order valence-corrected chi connectivity index (χ2v) is 9.96. The molecule has 4 rings (SSSR count). The van der Waals surface area contributed by atoms with Crippen molar-refractivity contribution in [3.05, 3.63) is 29.8 Å². The van der Waals surface area contributed by atoms with Crippen LogP contribution in [0.5, 0.6) is 0 Å². The van der Waals surface area contributed by atoms with E-state index in [2.05, 4.69) is 17.4 Å². The number of carbonyl (C=O) groups excluding carboxylic acids is 3. The predicted octanol–water partition coefficient (Wildman–Crippen LogP) is 4.03. The summed E-state index contributed by atoms with van der Waals surface area (Å²) in [5.41, 5.74) is 1.92. The van der Waals surface area contributed by atoms with Gasteiger partial charge in [0, 0.05) is 37.2 Å². The van der Waals surface area contributed by atoms with Gasteiger partial charge in [0.2, 0.25) is 5.91 Å². The van der Waals surface area contributed by atoms with Crippen molar-refractivity contribution in [2.24, 2.45) is 5.41 Å². The van der Waals surface area contributed by atoms with E-state index in [0.717, 1.165) is 44.5 Å². The first-order valence-corrected chi connectivity index (χ1v) is 10.8. The van der Waals surface area contributed by atoms with Gasteiger partial charge in [-0.3, -0.25) is 15.0 Å². The van der Waals surface area contributed by atoms with Gasteiger partial charge in [0.1, 0.15) is 5.60 Å². The highest BCUT2D eigenvalue weighted by molar-refractivity contribution is 6.05. The Labute approximate surface area is 177 Å². The van der Waals surface area contributed by atoms with Crippen molar-refractivity contribution in [2.45, 2.75) is 64.4 Å². The van der Waals surface area contributed by atoms with E-state index >= 15 is 0 Å². The molecule has 4 amide bonds. The molecular weight excluding hydrogens is 382 g/mol. The van der Waals surface area contributed by atoms with Crippen LogP contribution in [0.2, 0.25) is 0 Å². The molecule has 0 bridgehead atoms. The highest BCUT2D eigenvalue weighted by Gasteiger charge is 2.48. The van der Waals surface area contributed by atoms with Crippen LogP contribution in [0.4, 0.5) is 15.3 Å². The van der Waals surface area contributed by atoms with E-state index in [1.807, 2.05) is 37.8 Å². The van der Waals surface area contributed by atoms with Gasteiger partial charge >= 0.3 is 12.1 Å². The van der Waals surface area contributed by atoms with E-state index in [1.165, 1.54) is 5.56 Å². The highest BCUT2D eigenvalue weighted by Crippen LogP contribution is 2.48. The second-order valence-electron chi connectivity index (χ2n) is 9.96. The van der Waals surface area contributed by atoms with Crippen molar-refractivity contribution < 1.29 is 19.1 Å². The smallest absolute Gasteiger partial charge is 0.410 e. The number of hydrogen-bond donors (Lipinski definition) is 1. The molecule has 3 aliphatic rings. The van der Waals surface area contributed by atoms with E-state index in [9.17, 15) is 14.4 Å². The third kappa shape index (κ3) is 4.30. The van der Waals surface area contributed by atoms with Crippen molar-refractivity contribution in [1.29, 1.82) is 0 Å². The van der Waals surface area contributed by atoms with Gasteiger partial charge in [0.25, 0.3) is 0 Å². The van der Waals surface area contributed by atoms with Crippen molar-refractivity contribution >= 4 is 23.7 Å². The van der Waals surface area contributed by atoms with Gasteiger partial charge in [-0.25, -0.2) is 9.59 Å². The Morgan fingerprint density at radius 2 is 1.73 bits per heavy atom. The molecule has 0 atom stereocenters. The minimum Gasteiger partial charge on any atom is -0.444 e. The van der Waals surface area contributed by atoms with Crippen LogP contribution in [0.1, 0.15) is 64.4 Å². The fourth-order valence-electron chi connectivity index (χ4n) is 4.84. The zero-order chi connectivity index (χ0) is 21.5. The molecule has 162 valence electrons. The van der Waals surface area contributed by atoms with Crippen molar-refractivity contribution in [3.8, 4) is 0 Å². The first-order chi connectivity index (χ1) is 14.1. The van der Waals surface area contributed by atoms with Crippen LogP contribution in [-0.2, 0) is 9.53 Å². The highest BCUT2D eigenvalue weighted by atomic mass is 16.6. The third-order valence-electron chi connectivity index (χ3n) is 6.48. The lowest BCUT2D eigenvalue weighted by Gasteiger charge is -2.53. The SMILES string of the molecule is CC(C)(C)OC(=O)N1CC2(CCC(c3ccc(N4CCC(=O)NC4=O)cc3)CC2)C1. The molecule has 0 aromatic heterocycles. The van der Waals surface area contributed by atoms with Gasteiger partial charge < -0.3 is 9.64 Å². The van der Waals surface area contributed by atoms with Crippen molar-refractivity contribution in [3.63, 3.8) is 0 Å². The standard InChI is InChI=1S/C23H31N3O4/c1-22(2,3)30-21(29)25-14-23(15-25)11-8-17(9-12-23)16-4-6-18(7-5-16)26-13-10-19(27)24-20(26)28/h4-7,17H,8-15H2,1-3H3,(H,24,27,28). The topological polar surface area (TPSA) is 79.0 Å². The summed E-state index contributed by atoms with van der Waals surface area (Å²) in [5.74, 6) is 0.294. The van der Waals surface area contributed by atoms with Crippen LogP contribution >= 0.6 is 0 Å². The fourth-order valence-corrected chi connectivity index (χ4v) is 4.84. The maximum Gasteiger partial charge on any atom is 0.410 e. The number of ether oxygens (including phenoxy) is 1. The molecule has 2 heterocycles. The molecule has 1 saturated carbocycles. The number of carbonyl (C=O) groups is 3. The number of nitrogens with one attached hydrogen (secondary N) is 1. The van der Waals surface area contributed by atoms with E-state index in [0.29, 0.717) is 18.9 Å². The Balaban J connectivity index is 1.29. The molecule has 30 heavy (non-hydrogen) atoms.